The maximum absolute atomic E-state index is 15.2. The second-order valence-electron chi connectivity index (χ2n) is 9.68. The molecule has 0 bridgehead atoms. The van der Waals surface area contributed by atoms with Crippen LogP contribution in [0, 0.1) is 11.6 Å². The van der Waals surface area contributed by atoms with E-state index in [0.29, 0.717) is 64.3 Å². The molecule has 1 atom stereocenters. The SMILES string of the molecule is CNc1cc(F)c(F)c2c1[nH]c1ncc(-c3cnc4c(c3)c(=O)c(C(=O)O)cn4C3CCOC3)c(N(C)C)c12. The first-order valence-electron chi connectivity index (χ1n) is 12.2. The van der Waals surface area contributed by atoms with E-state index in [4.69, 9.17) is 4.74 Å². The van der Waals surface area contributed by atoms with E-state index < -0.39 is 23.0 Å². The van der Waals surface area contributed by atoms with Gasteiger partial charge < -0.3 is 29.6 Å². The summed E-state index contributed by atoms with van der Waals surface area (Å²) in [5, 5.41) is 13.1. The van der Waals surface area contributed by atoms with Crippen LogP contribution in [0.15, 0.2) is 35.5 Å². The van der Waals surface area contributed by atoms with Crippen LogP contribution in [-0.4, -0.2) is 65.0 Å². The number of nitrogens with zero attached hydrogens (tertiary/aromatic N) is 4. The van der Waals surface area contributed by atoms with E-state index in [9.17, 15) is 19.1 Å². The number of anilines is 2. The molecule has 39 heavy (non-hydrogen) atoms. The Balaban J connectivity index is 1.67. The van der Waals surface area contributed by atoms with E-state index in [0.717, 1.165) is 6.07 Å². The Morgan fingerprint density at radius 2 is 2.03 bits per heavy atom. The first-order valence-corrected chi connectivity index (χ1v) is 12.2. The number of carboxylic acid groups (broad SMARTS) is 1. The fraction of sp³-hybridized carbons (Fsp3) is 0.259. The zero-order valence-electron chi connectivity index (χ0n) is 21.3. The summed E-state index contributed by atoms with van der Waals surface area (Å²) in [5.41, 5.74) is 1.89. The van der Waals surface area contributed by atoms with Crippen molar-refractivity contribution in [3.8, 4) is 11.1 Å². The predicted octanol–water partition coefficient (Wildman–Crippen LogP) is 4.14. The average molecular weight is 535 g/mol. The minimum Gasteiger partial charge on any atom is -0.477 e. The van der Waals surface area contributed by atoms with Crippen LogP contribution in [0.25, 0.3) is 44.1 Å². The van der Waals surface area contributed by atoms with Crippen molar-refractivity contribution >= 4 is 50.3 Å². The highest BCUT2D eigenvalue weighted by atomic mass is 19.2. The van der Waals surface area contributed by atoms with Crippen LogP contribution in [0.1, 0.15) is 22.8 Å². The lowest BCUT2D eigenvalue weighted by molar-refractivity contribution is 0.0694. The zero-order chi connectivity index (χ0) is 27.6. The standard InChI is InChI=1S/C27H24F2N6O4/c1-30-18-7-17(28)21(29)19-20-23(34(2)3)15(9-31-25(20)33-22(18)19)12-6-14-24(36)16(27(37)38)10-35(26(14)32-8-12)13-4-5-39-11-13/h6-10,13,30H,4-5,11H2,1-3H3,(H,31,33)(H,37,38). The molecule has 0 amide bonds. The molecule has 0 radical (unpaired) electrons. The molecule has 6 rings (SSSR count). The third-order valence-electron chi connectivity index (χ3n) is 7.19. The van der Waals surface area contributed by atoms with Crippen molar-refractivity contribution in [2.75, 3.05) is 44.6 Å². The fourth-order valence-electron chi connectivity index (χ4n) is 5.37. The van der Waals surface area contributed by atoms with E-state index in [1.807, 2.05) is 0 Å². The quantitative estimate of drug-likeness (QED) is 0.307. The van der Waals surface area contributed by atoms with Gasteiger partial charge in [-0.25, -0.2) is 23.5 Å². The van der Waals surface area contributed by atoms with Crippen LogP contribution in [0.2, 0.25) is 0 Å². The van der Waals surface area contributed by atoms with Gasteiger partial charge in [-0.15, -0.1) is 0 Å². The average Bonchev–Trinajstić information content (AvgIpc) is 3.58. The Labute approximate surface area is 219 Å². The summed E-state index contributed by atoms with van der Waals surface area (Å²) < 4.78 is 37.0. The molecular formula is C27H24F2N6O4. The van der Waals surface area contributed by atoms with Gasteiger partial charge in [0.1, 0.15) is 16.9 Å². The number of ether oxygens (including phenoxy) is 1. The molecule has 0 saturated carbocycles. The Bertz CT molecular complexity index is 1870. The number of rotatable bonds is 5. The number of aromatic carboxylic acids is 1. The Hall–Kier alpha value is -4.58. The molecule has 10 nitrogen and oxygen atoms in total. The number of benzene rings is 1. The number of pyridine rings is 3. The van der Waals surface area contributed by atoms with Gasteiger partial charge in [-0.05, 0) is 12.5 Å². The van der Waals surface area contributed by atoms with Gasteiger partial charge >= 0.3 is 5.97 Å². The van der Waals surface area contributed by atoms with Crippen LogP contribution in [0.3, 0.4) is 0 Å². The van der Waals surface area contributed by atoms with Crippen LogP contribution in [-0.2, 0) is 4.74 Å². The maximum Gasteiger partial charge on any atom is 0.341 e. The number of carbonyl (C=O) groups is 1. The van der Waals surface area contributed by atoms with Gasteiger partial charge in [0.15, 0.2) is 11.6 Å². The Morgan fingerprint density at radius 3 is 2.69 bits per heavy atom. The van der Waals surface area contributed by atoms with Gasteiger partial charge in [0.25, 0.3) is 0 Å². The summed E-state index contributed by atoms with van der Waals surface area (Å²) in [4.78, 5) is 39.1. The number of hydrogen-bond acceptors (Lipinski definition) is 7. The Morgan fingerprint density at radius 1 is 1.23 bits per heavy atom. The summed E-state index contributed by atoms with van der Waals surface area (Å²) >= 11 is 0. The lowest BCUT2D eigenvalue weighted by Crippen LogP contribution is -2.22. The number of carboxylic acids is 1. The number of nitrogens with one attached hydrogen (secondary N) is 2. The highest BCUT2D eigenvalue weighted by molar-refractivity contribution is 6.18. The minimum absolute atomic E-state index is 0.0397. The number of hydrogen-bond donors (Lipinski definition) is 3. The summed E-state index contributed by atoms with van der Waals surface area (Å²) in [6.45, 7) is 0.900. The molecule has 12 heteroatoms. The van der Waals surface area contributed by atoms with Gasteiger partial charge in [-0.2, -0.15) is 0 Å². The lowest BCUT2D eigenvalue weighted by atomic mass is 10.0. The Kier molecular flexibility index (Phi) is 5.72. The first kappa shape index (κ1) is 24.7. The van der Waals surface area contributed by atoms with Crippen molar-refractivity contribution in [2.24, 2.45) is 0 Å². The molecule has 5 heterocycles. The minimum atomic E-state index is -1.34. The summed E-state index contributed by atoms with van der Waals surface area (Å²) in [7, 11) is 5.13. The number of halogens is 2. The number of aromatic nitrogens is 4. The maximum atomic E-state index is 15.2. The number of fused-ring (bicyclic) bond motifs is 4. The molecule has 4 aromatic heterocycles. The largest absolute Gasteiger partial charge is 0.477 e. The van der Waals surface area contributed by atoms with Gasteiger partial charge in [-0.1, -0.05) is 0 Å². The third-order valence-corrected chi connectivity index (χ3v) is 7.19. The van der Waals surface area contributed by atoms with E-state index in [-0.39, 0.29) is 22.4 Å². The molecule has 0 spiro atoms. The van der Waals surface area contributed by atoms with Crippen molar-refractivity contribution < 1.29 is 23.4 Å². The normalized spacial score (nSPS) is 15.5. The summed E-state index contributed by atoms with van der Waals surface area (Å²) in [5.74, 6) is -3.36. The van der Waals surface area contributed by atoms with Gasteiger partial charge in [-0.3, -0.25) is 4.79 Å². The second kappa shape index (κ2) is 9.02. The molecule has 3 N–H and O–H groups in total. The van der Waals surface area contributed by atoms with Crippen molar-refractivity contribution in [2.45, 2.75) is 12.5 Å². The number of H-pyrrole nitrogens is 1. The van der Waals surface area contributed by atoms with Crippen molar-refractivity contribution in [1.29, 1.82) is 0 Å². The van der Waals surface area contributed by atoms with Gasteiger partial charge in [0.2, 0.25) is 5.43 Å². The molecule has 1 aromatic carbocycles. The van der Waals surface area contributed by atoms with Crippen LogP contribution < -0.4 is 15.6 Å². The summed E-state index contributed by atoms with van der Waals surface area (Å²) in [6, 6.07) is 2.49. The van der Waals surface area contributed by atoms with E-state index in [2.05, 4.69) is 20.3 Å². The van der Waals surface area contributed by atoms with Crippen LogP contribution in [0.5, 0.6) is 0 Å². The van der Waals surface area contributed by atoms with Crippen molar-refractivity contribution in [1.82, 2.24) is 19.5 Å². The molecule has 0 aliphatic carbocycles. The van der Waals surface area contributed by atoms with Gasteiger partial charge in [0.05, 0.1) is 45.7 Å². The topological polar surface area (TPSA) is 125 Å². The monoisotopic (exact) mass is 534 g/mol. The van der Waals surface area contributed by atoms with Crippen molar-refractivity contribution in [3.63, 3.8) is 0 Å². The summed E-state index contributed by atoms with van der Waals surface area (Å²) in [6.07, 6.45) is 5.10. The highest BCUT2D eigenvalue weighted by Crippen LogP contribution is 2.42. The number of aromatic amines is 1. The smallest absolute Gasteiger partial charge is 0.341 e. The van der Waals surface area contributed by atoms with Crippen LogP contribution >= 0.6 is 0 Å². The molecule has 200 valence electrons. The molecule has 1 aliphatic rings. The third kappa shape index (κ3) is 3.70. The molecule has 5 aromatic rings. The zero-order valence-corrected chi connectivity index (χ0v) is 21.3. The fourth-order valence-corrected chi connectivity index (χ4v) is 5.37. The van der Waals surface area contributed by atoms with E-state index in [1.165, 1.54) is 6.20 Å². The van der Waals surface area contributed by atoms with Gasteiger partial charge in [0, 0.05) is 63.5 Å². The second-order valence-corrected chi connectivity index (χ2v) is 9.68. The molecular weight excluding hydrogens is 510 g/mol. The lowest BCUT2D eigenvalue weighted by Gasteiger charge is -2.20. The van der Waals surface area contributed by atoms with Crippen LogP contribution in [0.4, 0.5) is 20.2 Å². The first-order chi connectivity index (χ1) is 18.7. The van der Waals surface area contributed by atoms with E-state index in [1.54, 1.807) is 49.1 Å². The predicted molar refractivity (Wildman–Crippen MR) is 144 cm³/mol. The van der Waals surface area contributed by atoms with E-state index >= 15 is 4.39 Å². The molecule has 1 aliphatic heterocycles. The molecule has 1 unspecified atom stereocenters. The molecule has 1 saturated heterocycles. The highest BCUT2D eigenvalue weighted by Gasteiger charge is 2.26. The molecule has 1 fully saturated rings. The van der Waals surface area contributed by atoms with Crippen molar-refractivity contribution in [3.05, 3.63) is 58.1 Å².